The average Bonchev–Trinajstić information content (AvgIpc) is 1.61. The van der Waals surface area contributed by atoms with Crippen LogP contribution in [0.4, 0.5) is 0 Å². The quantitative estimate of drug-likeness (QED) is 0.416. The fourth-order valence-electron chi connectivity index (χ4n) is 0.285. The minimum Gasteiger partial charge on any atom is -0.331 e. The zero-order valence-corrected chi connectivity index (χ0v) is 11.4. The molecule has 0 unspecified atom stereocenters. The van der Waals surface area contributed by atoms with Gasteiger partial charge in [-0.2, -0.15) is 13.3 Å². The molecule has 0 rings (SSSR count). The standard InChI is InChI=1S/C6H11.Rf/c1-3-5-6-4-2;/h3-4H,1,5-6H2,2H3;/q-1;. The van der Waals surface area contributed by atoms with Gasteiger partial charge in [0, 0.05) is 0 Å². The molecule has 1 heteroatoms. The molecular weight excluding hydrogens is 339 g/mol. The molecule has 0 aromatic heterocycles. The van der Waals surface area contributed by atoms with Gasteiger partial charge in [0.05, 0.1) is 0 Å². The number of hydrogen-bond donors (Lipinski definition) is 0. The Balaban J connectivity index is 0. The minimum absolute atomic E-state index is 0. The summed E-state index contributed by atoms with van der Waals surface area (Å²) in [4.78, 5) is 0. The normalized spacial score (nSPS) is 7.00. The Kier molecular flexibility index (Phi) is 11.6. The molecule has 0 amide bonds. The molecule has 0 aliphatic rings. The zero-order chi connectivity index (χ0) is 4.83. The second-order valence-electron chi connectivity index (χ2n) is 1.27. The summed E-state index contributed by atoms with van der Waals surface area (Å²) in [5.74, 6) is 0. The Morgan fingerprint density at radius 1 is 1.71 bits per heavy atom. The number of unbranched alkanes of at least 4 members (excludes halogenated alkanes) is 2. The number of hydrogen-bond acceptors (Lipinski definition) is 0. The van der Waals surface area contributed by atoms with Crippen LogP contribution >= 0.6 is 0 Å². The van der Waals surface area contributed by atoms with Crippen LogP contribution in [-0.2, 0) is 0 Å². The van der Waals surface area contributed by atoms with E-state index < -0.39 is 0 Å². The molecule has 0 saturated carbocycles. The third kappa shape index (κ3) is 11.8. The van der Waals surface area contributed by atoms with E-state index in [1.807, 2.05) is 6.08 Å². The third-order valence-electron chi connectivity index (χ3n) is 0.659. The first-order chi connectivity index (χ1) is 2.91. The second-order valence-corrected chi connectivity index (χ2v) is 1.27. The predicted molar refractivity (Wildman–Crippen MR) is 29.4 cm³/mol. The maximum absolute atomic E-state index is 3.58. The van der Waals surface area contributed by atoms with E-state index in [0.717, 1.165) is 6.42 Å². The molecule has 38 valence electrons. The van der Waals surface area contributed by atoms with Crippen molar-refractivity contribution in [2.24, 2.45) is 0 Å². The van der Waals surface area contributed by atoms with Gasteiger partial charge in [0.15, 0.2) is 0 Å². The predicted octanol–water partition coefficient (Wildman–Crippen LogP) is 2.18. The summed E-state index contributed by atoms with van der Waals surface area (Å²) in [7, 11) is 0. The first kappa shape index (κ1) is 9.22. The van der Waals surface area contributed by atoms with Crippen LogP contribution in [0.1, 0.15) is 19.8 Å². The fourth-order valence-corrected chi connectivity index (χ4v) is 0.285. The SMILES string of the molecule is C=CCC[CH-]C.[Rf]. The van der Waals surface area contributed by atoms with Crippen LogP contribution in [0.2, 0.25) is 0 Å². The average molecular weight is 350 g/mol. The number of rotatable bonds is 3. The summed E-state index contributed by atoms with van der Waals surface area (Å²) in [5, 5.41) is 0. The molecule has 0 saturated heterocycles. The molecule has 0 fully saturated rings. The van der Waals surface area contributed by atoms with E-state index in [1.54, 1.807) is 0 Å². The maximum atomic E-state index is 3.58. The summed E-state index contributed by atoms with van der Waals surface area (Å²) >= 11 is 0. The van der Waals surface area contributed by atoms with E-state index in [9.17, 15) is 0 Å². The van der Waals surface area contributed by atoms with Crippen molar-refractivity contribution >= 4 is 0 Å². The molecule has 0 N–H and O–H groups in total. The van der Waals surface area contributed by atoms with E-state index in [4.69, 9.17) is 0 Å². The Morgan fingerprint density at radius 3 is 2.43 bits per heavy atom. The molecule has 0 aromatic carbocycles. The molecule has 0 nitrogen and oxygen atoms in total. The molecule has 0 aliphatic heterocycles. The van der Waals surface area contributed by atoms with E-state index in [2.05, 4.69) is 19.9 Å². The van der Waals surface area contributed by atoms with Crippen molar-refractivity contribution in [3.63, 3.8) is 0 Å². The van der Waals surface area contributed by atoms with Crippen LogP contribution in [0.5, 0.6) is 0 Å². The van der Waals surface area contributed by atoms with Crippen LogP contribution < -0.4 is 0 Å². The largest absolute Gasteiger partial charge is 0.331 e. The van der Waals surface area contributed by atoms with Gasteiger partial charge in [0.2, 0.25) is 0 Å². The summed E-state index contributed by atoms with van der Waals surface area (Å²) in [6.07, 6.45) is 6.36. The first-order valence-corrected chi connectivity index (χ1v) is 2.30. The third-order valence-corrected chi connectivity index (χ3v) is 0.659. The molecule has 0 spiro atoms. The molecule has 0 aromatic rings. The van der Waals surface area contributed by atoms with Gasteiger partial charge in [-0.15, -0.1) is 6.58 Å². The molecule has 0 bridgehead atoms. The van der Waals surface area contributed by atoms with Crippen molar-refractivity contribution in [2.75, 3.05) is 0 Å². The molecule has 0 heterocycles. The van der Waals surface area contributed by atoms with Gasteiger partial charge in [-0.3, -0.25) is 0 Å². The summed E-state index contributed by atoms with van der Waals surface area (Å²) < 4.78 is 0. The molecular formula is C6H11Rf-. The maximum Gasteiger partial charge on any atom is 0 e. The first-order valence-electron chi connectivity index (χ1n) is 2.30. The molecule has 0 aliphatic carbocycles. The van der Waals surface area contributed by atoms with Crippen LogP contribution in [0.3, 0.4) is 0 Å². The van der Waals surface area contributed by atoms with Crippen molar-refractivity contribution in [3.05, 3.63) is 19.1 Å². The van der Waals surface area contributed by atoms with Gasteiger partial charge in [-0.1, -0.05) is 12.5 Å². The smallest absolute Gasteiger partial charge is 0 e. The molecule has 7 heavy (non-hydrogen) atoms. The Hall–Kier alpha value is -1.26. The van der Waals surface area contributed by atoms with E-state index >= 15 is 0 Å². The Morgan fingerprint density at radius 2 is 2.29 bits per heavy atom. The van der Waals surface area contributed by atoms with Gasteiger partial charge in [-0.05, 0) is 0 Å². The Bertz CT molecular complexity index is 33.2. The van der Waals surface area contributed by atoms with Crippen LogP contribution in [0.25, 0.3) is 0 Å². The van der Waals surface area contributed by atoms with Gasteiger partial charge >= 0.3 is 0 Å². The van der Waals surface area contributed by atoms with E-state index in [0.29, 0.717) is 0 Å². The number of allylic oxidation sites excluding steroid dienone is 1. The van der Waals surface area contributed by atoms with Crippen LogP contribution in [-0.4, -0.2) is 0 Å². The summed E-state index contributed by atoms with van der Waals surface area (Å²) in [6, 6.07) is 0. The zero-order valence-electron chi connectivity index (χ0n) is 4.98. The van der Waals surface area contributed by atoms with E-state index in [1.165, 1.54) is 6.42 Å². The van der Waals surface area contributed by atoms with Crippen molar-refractivity contribution in [1.29, 1.82) is 0 Å². The van der Waals surface area contributed by atoms with Gasteiger partial charge in [0.1, 0.15) is 0 Å². The summed E-state index contributed by atoms with van der Waals surface area (Å²) in [6.45, 7) is 5.64. The van der Waals surface area contributed by atoms with Gasteiger partial charge in [0.25, 0.3) is 0 Å². The topological polar surface area (TPSA) is 0 Å². The molecule has 0 radical (unpaired) electrons. The minimum atomic E-state index is 0. The monoisotopic (exact) mass is 350 g/mol. The summed E-state index contributed by atoms with van der Waals surface area (Å²) in [5.41, 5.74) is 0. The van der Waals surface area contributed by atoms with Crippen molar-refractivity contribution < 1.29 is 0 Å². The molecule has 0 atom stereocenters. The van der Waals surface area contributed by atoms with Crippen molar-refractivity contribution in [2.45, 2.75) is 19.8 Å². The van der Waals surface area contributed by atoms with Gasteiger partial charge < -0.3 is 6.42 Å². The van der Waals surface area contributed by atoms with E-state index in [-0.39, 0.29) is 0 Å². The second kappa shape index (κ2) is 8.83. The Labute approximate surface area is 39.9 Å². The van der Waals surface area contributed by atoms with Crippen LogP contribution in [0.15, 0.2) is 12.7 Å². The fraction of sp³-hybridized carbons (Fsp3) is 0.500. The van der Waals surface area contributed by atoms with Gasteiger partial charge in [-0.25, -0.2) is 0 Å². The van der Waals surface area contributed by atoms with Crippen molar-refractivity contribution in [3.8, 4) is 0 Å². The van der Waals surface area contributed by atoms with Crippen molar-refractivity contribution in [1.82, 2.24) is 0 Å². The van der Waals surface area contributed by atoms with Crippen LogP contribution in [0, 0.1) is 6.42 Å².